The van der Waals surface area contributed by atoms with Gasteiger partial charge in [0, 0.05) is 16.8 Å². The number of aryl methyl sites for hydroxylation is 2. The van der Waals surface area contributed by atoms with Crippen LogP contribution in [0.5, 0.6) is 5.75 Å². The van der Waals surface area contributed by atoms with Gasteiger partial charge in [-0.2, -0.15) is 0 Å². The number of rotatable bonds is 5. The maximum atomic E-state index is 12.5. The van der Waals surface area contributed by atoms with Crippen LogP contribution in [-0.2, 0) is 0 Å². The molecule has 0 saturated heterocycles. The first-order valence-electron chi connectivity index (χ1n) is 9.63. The number of aromatic nitrogens is 1. The van der Waals surface area contributed by atoms with Gasteiger partial charge in [0.2, 0.25) is 5.89 Å². The lowest BCUT2D eigenvalue weighted by Crippen LogP contribution is -2.12. The highest BCUT2D eigenvalue weighted by atomic mass is 16.5. The molecule has 0 bridgehead atoms. The highest BCUT2D eigenvalue weighted by molar-refractivity contribution is 6.06. The van der Waals surface area contributed by atoms with Gasteiger partial charge in [0.1, 0.15) is 17.7 Å². The summed E-state index contributed by atoms with van der Waals surface area (Å²) in [5.41, 5.74) is 6.18. The first-order valence-corrected chi connectivity index (χ1v) is 9.63. The summed E-state index contributed by atoms with van der Waals surface area (Å²) < 4.78 is 11.0. The van der Waals surface area contributed by atoms with Crippen molar-refractivity contribution in [3.63, 3.8) is 0 Å². The standard InChI is InChI=1S/C25H22N2O3/c1-16-8-9-17(2)21(14-16)22-15-30-25(27-22)18-10-12-19(13-11-18)26-24(28)20-6-4-5-7-23(20)29-3/h4-15H,1-3H3,(H,26,28). The minimum atomic E-state index is -0.228. The highest BCUT2D eigenvalue weighted by Crippen LogP contribution is 2.28. The molecule has 30 heavy (non-hydrogen) atoms. The van der Waals surface area contributed by atoms with Crippen molar-refractivity contribution in [3.8, 4) is 28.5 Å². The Balaban J connectivity index is 1.52. The fraction of sp³-hybridized carbons (Fsp3) is 0.120. The van der Waals surface area contributed by atoms with Gasteiger partial charge in [-0.3, -0.25) is 4.79 Å². The summed E-state index contributed by atoms with van der Waals surface area (Å²) in [6, 6.07) is 20.8. The van der Waals surface area contributed by atoms with Crippen LogP contribution in [0.4, 0.5) is 5.69 Å². The number of nitrogens with one attached hydrogen (secondary N) is 1. The van der Waals surface area contributed by atoms with Crippen LogP contribution in [0.1, 0.15) is 21.5 Å². The van der Waals surface area contributed by atoms with E-state index in [9.17, 15) is 4.79 Å². The topological polar surface area (TPSA) is 64.4 Å². The number of carbonyl (C=O) groups is 1. The molecular formula is C25H22N2O3. The SMILES string of the molecule is COc1ccccc1C(=O)Nc1ccc(-c2nc(-c3cc(C)ccc3C)co2)cc1. The van der Waals surface area contributed by atoms with Crippen LogP contribution in [0.3, 0.4) is 0 Å². The molecule has 0 atom stereocenters. The summed E-state index contributed by atoms with van der Waals surface area (Å²) in [4.78, 5) is 17.2. The molecule has 150 valence electrons. The minimum Gasteiger partial charge on any atom is -0.496 e. The van der Waals surface area contributed by atoms with Gasteiger partial charge in [-0.1, -0.05) is 29.8 Å². The number of carbonyl (C=O) groups excluding carboxylic acids is 1. The first kappa shape index (κ1) is 19.5. The van der Waals surface area contributed by atoms with E-state index in [1.165, 1.54) is 5.56 Å². The fourth-order valence-electron chi connectivity index (χ4n) is 3.27. The molecule has 1 amide bonds. The van der Waals surface area contributed by atoms with Crippen LogP contribution < -0.4 is 10.1 Å². The van der Waals surface area contributed by atoms with E-state index in [0.29, 0.717) is 22.9 Å². The lowest BCUT2D eigenvalue weighted by Gasteiger charge is -2.09. The van der Waals surface area contributed by atoms with Crippen molar-refractivity contribution in [1.82, 2.24) is 4.98 Å². The van der Waals surface area contributed by atoms with Gasteiger partial charge >= 0.3 is 0 Å². The van der Waals surface area contributed by atoms with E-state index in [1.807, 2.05) is 30.3 Å². The van der Waals surface area contributed by atoms with E-state index < -0.39 is 0 Å². The Morgan fingerprint density at radius 1 is 1.00 bits per heavy atom. The number of hydrogen-bond donors (Lipinski definition) is 1. The maximum Gasteiger partial charge on any atom is 0.259 e. The number of hydrogen-bond acceptors (Lipinski definition) is 4. The van der Waals surface area contributed by atoms with Crippen molar-refractivity contribution >= 4 is 11.6 Å². The molecule has 0 aliphatic heterocycles. The molecule has 5 heteroatoms. The summed E-state index contributed by atoms with van der Waals surface area (Å²) in [6.45, 7) is 4.12. The Bertz CT molecular complexity index is 1190. The van der Waals surface area contributed by atoms with Gasteiger partial charge in [-0.05, 0) is 61.9 Å². The largest absolute Gasteiger partial charge is 0.496 e. The normalized spacial score (nSPS) is 10.6. The lowest BCUT2D eigenvalue weighted by molar-refractivity contribution is 0.102. The summed E-state index contributed by atoms with van der Waals surface area (Å²) in [5.74, 6) is 0.840. The fourth-order valence-corrected chi connectivity index (χ4v) is 3.27. The molecule has 1 heterocycles. The summed E-state index contributed by atoms with van der Waals surface area (Å²) in [5, 5.41) is 2.89. The van der Waals surface area contributed by atoms with Crippen LogP contribution >= 0.6 is 0 Å². The molecule has 0 radical (unpaired) electrons. The number of anilines is 1. The predicted octanol–water partition coefficient (Wildman–Crippen LogP) is 5.89. The predicted molar refractivity (Wildman–Crippen MR) is 118 cm³/mol. The molecule has 4 rings (SSSR count). The van der Waals surface area contributed by atoms with Crippen molar-refractivity contribution in [2.24, 2.45) is 0 Å². The third kappa shape index (κ3) is 3.96. The van der Waals surface area contributed by atoms with E-state index in [-0.39, 0.29) is 5.91 Å². The Morgan fingerprint density at radius 2 is 1.77 bits per heavy atom. The van der Waals surface area contributed by atoms with Gasteiger partial charge < -0.3 is 14.5 Å². The zero-order valence-electron chi connectivity index (χ0n) is 17.1. The van der Waals surface area contributed by atoms with Gasteiger partial charge in [0.25, 0.3) is 5.91 Å². The second kappa shape index (κ2) is 8.25. The number of nitrogens with zero attached hydrogens (tertiary/aromatic N) is 1. The van der Waals surface area contributed by atoms with E-state index in [2.05, 4.69) is 42.3 Å². The monoisotopic (exact) mass is 398 g/mol. The van der Waals surface area contributed by atoms with Gasteiger partial charge in [-0.25, -0.2) is 4.98 Å². The van der Waals surface area contributed by atoms with E-state index in [1.54, 1.807) is 31.6 Å². The number of amides is 1. The molecule has 5 nitrogen and oxygen atoms in total. The van der Waals surface area contributed by atoms with Gasteiger partial charge in [0.05, 0.1) is 12.7 Å². The molecule has 4 aromatic rings. The zero-order chi connectivity index (χ0) is 21.1. The van der Waals surface area contributed by atoms with Crippen LogP contribution in [-0.4, -0.2) is 18.0 Å². The van der Waals surface area contributed by atoms with E-state index in [4.69, 9.17) is 9.15 Å². The first-order chi connectivity index (χ1) is 14.5. The van der Waals surface area contributed by atoms with Crippen molar-refractivity contribution in [1.29, 1.82) is 0 Å². The van der Waals surface area contributed by atoms with Gasteiger partial charge in [0.15, 0.2) is 0 Å². The van der Waals surface area contributed by atoms with Crippen LogP contribution in [0.15, 0.2) is 77.4 Å². The number of ether oxygens (including phenoxy) is 1. The van der Waals surface area contributed by atoms with Gasteiger partial charge in [-0.15, -0.1) is 0 Å². The molecule has 0 aliphatic rings. The molecule has 0 aliphatic carbocycles. The Kier molecular flexibility index (Phi) is 5.35. The molecule has 1 aromatic heterocycles. The molecule has 0 fully saturated rings. The smallest absolute Gasteiger partial charge is 0.259 e. The highest BCUT2D eigenvalue weighted by Gasteiger charge is 2.13. The second-order valence-corrected chi connectivity index (χ2v) is 7.09. The average molecular weight is 398 g/mol. The third-order valence-electron chi connectivity index (χ3n) is 4.91. The Hall–Kier alpha value is -3.86. The number of oxazole rings is 1. The Labute approximate surface area is 175 Å². The molecule has 1 N–H and O–H groups in total. The second-order valence-electron chi connectivity index (χ2n) is 7.09. The van der Waals surface area contributed by atoms with Crippen molar-refractivity contribution in [2.45, 2.75) is 13.8 Å². The molecule has 3 aromatic carbocycles. The number of para-hydroxylation sites is 1. The summed E-state index contributed by atoms with van der Waals surface area (Å²) >= 11 is 0. The van der Waals surface area contributed by atoms with Crippen molar-refractivity contribution in [2.75, 3.05) is 12.4 Å². The average Bonchev–Trinajstić information content (AvgIpc) is 3.26. The van der Waals surface area contributed by atoms with Crippen LogP contribution in [0.25, 0.3) is 22.7 Å². The molecule has 0 spiro atoms. The van der Waals surface area contributed by atoms with Crippen molar-refractivity contribution < 1.29 is 13.9 Å². The quantitative estimate of drug-likeness (QED) is 0.455. The van der Waals surface area contributed by atoms with E-state index >= 15 is 0 Å². The molecule has 0 unspecified atom stereocenters. The zero-order valence-corrected chi connectivity index (χ0v) is 17.1. The lowest BCUT2D eigenvalue weighted by atomic mass is 10.0. The summed E-state index contributed by atoms with van der Waals surface area (Å²) in [6.07, 6.45) is 1.68. The van der Waals surface area contributed by atoms with Crippen LogP contribution in [0, 0.1) is 13.8 Å². The van der Waals surface area contributed by atoms with Crippen molar-refractivity contribution in [3.05, 3.63) is 89.7 Å². The number of benzene rings is 3. The maximum absolute atomic E-state index is 12.5. The van der Waals surface area contributed by atoms with E-state index in [0.717, 1.165) is 22.4 Å². The third-order valence-corrected chi connectivity index (χ3v) is 4.91. The minimum absolute atomic E-state index is 0.228. The summed E-state index contributed by atoms with van der Waals surface area (Å²) in [7, 11) is 1.55. The van der Waals surface area contributed by atoms with Crippen LogP contribution in [0.2, 0.25) is 0 Å². The molecule has 0 saturated carbocycles. The Morgan fingerprint density at radius 3 is 2.53 bits per heavy atom. The number of methoxy groups -OCH3 is 1. The molecular weight excluding hydrogens is 376 g/mol.